The van der Waals surface area contributed by atoms with Crippen molar-refractivity contribution in [2.75, 3.05) is 33.5 Å². The van der Waals surface area contributed by atoms with E-state index in [9.17, 15) is 13.2 Å². The minimum absolute atomic E-state index is 0.0698. The number of carbonyl (C=O) groups is 1. The molecule has 0 aliphatic heterocycles. The number of rotatable bonds is 15. The first-order chi connectivity index (χ1) is 17.9. The summed E-state index contributed by atoms with van der Waals surface area (Å²) in [6, 6.07) is 15.2. The molecule has 9 nitrogen and oxygen atoms in total. The number of hydrogen-bond donors (Lipinski definition) is 2. The first kappa shape index (κ1) is 28.7. The molecule has 10 heteroatoms. The van der Waals surface area contributed by atoms with Gasteiger partial charge in [-0.3, -0.25) is 0 Å². The third kappa shape index (κ3) is 11.0. The second kappa shape index (κ2) is 15.4. The zero-order valence-electron chi connectivity index (χ0n) is 21.4. The molecule has 1 fully saturated rings. The van der Waals surface area contributed by atoms with Gasteiger partial charge in [-0.15, -0.1) is 0 Å². The van der Waals surface area contributed by atoms with Crippen LogP contribution in [-0.4, -0.2) is 54.1 Å². The molecule has 0 atom stereocenters. The van der Waals surface area contributed by atoms with Gasteiger partial charge in [0.2, 0.25) is 0 Å². The van der Waals surface area contributed by atoms with Crippen LogP contribution in [0, 0.1) is 0 Å². The van der Waals surface area contributed by atoms with E-state index >= 15 is 0 Å². The highest BCUT2D eigenvalue weighted by atomic mass is 32.2. The summed E-state index contributed by atoms with van der Waals surface area (Å²) in [5.41, 5.74) is 1.98. The molecule has 1 aliphatic carbocycles. The van der Waals surface area contributed by atoms with Gasteiger partial charge in [0, 0.05) is 19.7 Å². The van der Waals surface area contributed by atoms with Crippen molar-refractivity contribution in [3.05, 3.63) is 59.7 Å². The Bertz CT molecular complexity index is 1060. The van der Waals surface area contributed by atoms with Crippen LogP contribution in [-0.2, 0) is 32.5 Å². The molecule has 2 aromatic rings. The molecular weight excluding hydrogens is 496 g/mol. The Labute approximate surface area is 220 Å². The minimum atomic E-state index is -4.00. The number of methoxy groups -OCH3 is 1. The first-order valence-electron chi connectivity index (χ1n) is 12.8. The molecule has 3 rings (SSSR count). The zero-order valence-corrected chi connectivity index (χ0v) is 22.3. The molecule has 0 spiro atoms. The summed E-state index contributed by atoms with van der Waals surface area (Å²) < 4.78 is 50.6. The maximum absolute atomic E-state index is 12.1. The second-order valence-electron chi connectivity index (χ2n) is 8.96. The summed E-state index contributed by atoms with van der Waals surface area (Å²) in [4.78, 5) is 12.0. The molecule has 37 heavy (non-hydrogen) atoms. The summed E-state index contributed by atoms with van der Waals surface area (Å²) in [6.07, 6.45) is 6.44. The van der Waals surface area contributed by atoms with Crippen LogP contribution in [0.15, 0.2) is 48.5 Å². The lowest BCUT2D eigenvalue weighted by Crippen LogP contribution is -2.41. The average Bonchev–Trinajstić information content (AvgIpc) is 2.88. The molecule has 0 bridgehead atoms. The van der Waals surface area contributed by atoms with Gasteiger partial charge in [-0.1, -0.05) is 42.8 Å². The van der Waals surface area contributed by atoms with Gasteiger partial charge in [-0.25, -0.2) is 9.52 Å². The van der Waals surface area contributed by atoms with E-state index in [-0.39, 0.29) is 19.3 Å². The lowest BCUT2D eigenvalue weighted by molar-refractivity contribution is 0.142. The van der Waals surface area contributed by atoms with Gasteiger partial charge in [-0.2, -0.15) is 13.1 Å². The summed E-state index contributed by atoms with van der Waals surface area (Å²) in [5, 5.41) is 0. The monoisotopic (exact) mass is 534 g/mol. The summed E-state index contributed by atoms with van der Waals surface area (Å²) in [7, 11) is -2.37. The van der Waals surface area contributed by atoms with E-state index in [1.807, 2.05) is 53.3 Å². The molecule has 1 aliphatic rings. The van der Waals surface area contributed by atoms with Crippen LogP contribution < -0.4 is 18.9 Å². The molecule has 0 aromatic heterocycles. The molecule has 0 saturated heterocycles. The molecule has 2 N–H and O–H groups in total. The van der Waals surface area contributed by atoms with Crippen LogP contribution in [0.2, 0.25) is 0 Å². The Morgan fingerprint density at radius 2 is 1.76 bits per heavy atom. The standard InChI is InChI=1S/C27H38N2O7S/c1-33-19-20-34-25-15-14-23(26(21-25)36-24-12-6-3-7-13-24)11-8-18-35-27(30)29-37(31,32)28-17-16-22-9-4-2-5-10-22/h2,4-5,9-10,14-15,21,24,28H,3,6-8,11-13,16-20H2,1H3,(H,29,30). The SMILES string of the molecule is COCCOc1ccc(CCCOC(=O)NS(=O)(=O)NCCc2ccccc2)c(OC2CCCCC2)c1. The normalized spacial score (nSPS) is 14.2. The highest BCUT2D eigenvalue weighted by Crippen LogP contribution is 2.30. The molecule has 204 valence electrons. The number of amides is 1. The summed E-state index contributed by atoms with van der Waals surface area (Å²) in [5.74, 6) is 1.49. The zero-order chi connectivity index (χ0) is 26.3. The van der Waals surface area contributed by atoms with Gasteiger partial charge in [0.1, 0.15) is 18.1 Å². The van der Waals surface area contributed by atoms with E-state index < -0.39 is 16.3 Å². The van der Waals surface area contributed by atoms with E-state index in [1.54, 1.807) is 7.11 Å². The molecule has 0 unspecified atom stereocenters. The maximum Gasteiger partial charge on any atom is 0.421 e. The number of aryl methyl sites for hydroxylation is 1. The Morgan fingerprint density at radius 3 is 2.51 bits per heavy atom. The van der Waals surface area contributed by atoms with Crippen molar-refractivity contribution in [2.45, 2.75) is 57.5 Å². The number of benzene rings is 2. The van der Waals surface area contributed by atoms with E-state index in [2.05, 4.69) is 4.72 Å². The van der Waals surface area contributed by atoms with E-state index in [0.717, 1.165) is 42.6 Å². The van der Waals surface area contributed by atoms with E-state index in [4.69, 9.17) is 18.9 Å². The van der Waals surface area contributed by atoms with Crippen LogP contribution >= 0.6 is 0 Å². The third-order valence-corrected chi connectivity index (χ3v) is 7.05. The van der Waals surface area contributed by atoms with E-state index in [1.165, 1.54) is 6.42 Å². The quantitative estimate of drug-likeness (QED) is 0.330. The number of nitrogens with one attached hydrogen (secondary N) is 2. The lowest BCUT2D eigenvalue weighted by Gasteiger charge is -2.24. The molecule has 0 heterocycles. The molecule has 2 aromatic carbocycles. The van der Waals surface area contributed by atoms with Crippen molar-refractivity contribution >= 4 is 16.3 Å². The van der Waals surface area contributed by atoms with Crippen molar-refractivity contribution in [2.24, 2.45) is 0 Å². The van der Waals surface area contributed by atoms with Gasteiger partial charge in [-0.05, 0) is 62.1 Å². The van der Waals surface area contributed by atoms with Gasteiger partial charge in [0.25, 0.3) is 0 Å². The Hall–Kier alpha value is -2.82. The van der Waals surface area contributed by atoms with Gasteiger partial charge in [0.05, 0.1) is 19.3 Å². The lowest BCUT2D eigenvalue weighted by atomic mass is 9.97. The van der Waals surface area contributed by atoms with Crippen LogP contribution in [0.3, 0.4) is 0 Å². The van der Waals surface area contributed by atoms with Crippen molar-refractivity contribution in [3.63, 3.8) is 0 Å². The van der Waals surface area contributed by atoms with Crippen LogP contribution in [0.1, 0.15) is 49.7 Å². The molecular formula is C27H38N2O7S. The predicted octanol–water partition coefficient (Wildman–Crippen LogP) is 4.16. The number of carbonyl (C=O) groups excluding carboxylic acids is 1. The number of hydrogen-bond acceptors (Lipinski definition) is 7. The van der Waals surface area contributed by atoms with Gasteiger partial charge >= 0.3 is 16.3 Å². The summed E-state index contributed by atoms with van der Waals surface area (Å²) in [6.45, 7) is 1.19. The minimum Gasteiger partial charge on any atom is -0.491 e. The van der Waals surface area contributed by atoms with Crippen molar-refractivity contribution in [3.8, 4) is 11.5 Å². The molecule has 1 amide bonds. The largest absolute Gasteiger partial charge is 0.491 e. The maximum atomic E-state index is 12.1. The topological polar surface area (TPSA) is 112 Å². The van der Waals surface area contributed by atoms with Gasteiger partial charge < -0.3 is 18.9 Å². The first-order valence-corrected chi connectivity index (χ1v) is 14.3. The molecule has 1 saturated carbocycles. The van der Waals surface area contributed by atoms with E-state index in [0.29, 0.717) is 38.2 Å². The highest BCUT2D eigenvalue weighted by Gasteiger charge is 2.18. The van der Waals surface area contributed by atoms with Crippen LogP contribution in [0.25, 0.3) is 0 Å². The predicted molar refractivity (Wildman–Crippen MR) is 141 cm³/mol. The molecule has 0 radical (unpaired) electrons. The number of ether oxygens (including phenoxy) is 4. The van der Waals surface area contributed by atoms with Crippen molar-refractivity contribution in [1.29, 1.82) is 0 Å². The summed E-state index contributed by atoms with van der Waals surface area (Å²) >= 11 is 0. The average molecular weight is 535 g/mol. The van der Waals surface area contributed by atoms with Crippen molar-refractivity contribution < 1.29 is 32.2 Å². The smallest absolute Gasteiger partial charge is 0.421 e. The fourth-order valence-corrected chi connectivity index (χ4v) is 4.84. The van der Waals surface area contributed by atoms with Crippen LogP contribution in [0.5, 0.6) is 11.5 Å². The van der Waals surface area contributed by atoms with Crippen molar-refractivity contribution in [1.82, 2.24) is 9.44 Å². The Balaban J connectivity index is 1.44. The third-order valence-electron chi connectivity index (χ3n) is 6.03. The van der Waals surface area contributed by atoms with Crippen LogP contribution in [0.4, 0.5) is 4.79 Å². The highest BCUT2D eigenvalue weighted by molar-refractivity contribution is 7.88. The van der Waals surface area contributed by atoms with Gasteiger partial charge in [0.15, 0.2) is 0 Å². The Kier molecular flexibility index (Phi) is 12.0. The Morgan fingerprint density at radius 1 is 0.973 bits per heavy atom. The second-order valence-corrected chi connectivity index (χ2v) is 10.5. The fraction of sp³-hybridized carbons (Fsp3) is 0.519. The fourth-order valence-electron chi connectivity index (χ4n) is 4.12.